The molecule has 0 aliphatic rings. The zero-order valence-corrected chi connectivity index (χ0v) is 10.3. The van der Waals surface area contributed by atoms with E-state index in [1.54, 1.807) is 29.1 Å². The molecule has 3 N–H and O–H groups in total. The van der Waals surface area contributed by atoms with Crippen molar-refractivity contribution in [1.29, 1.82) is 0 Å². The molecule has 1 heterocycles. The van der Waals surface area contributed by atoms with Gasteiger partial charge in [0.05, 0.1) is 5.69 Å². The molecule has 1 amide bonds. The number of hydrogen-bond acceptors (Lipinski definition) is 3. The molecule has 0 radical (unpaired) electrons. The molecule has 5 nitrogen and oxygen atoms in total. The third kappa shape index (κ3) is 2.68. The van der Waals surface area contributed by atoms with Gasteiger partial charge in [0, 0.05) is 18.4 Å². The molecule has 94 valence electrons. The summed E-state index contributed by atoms with van der Waals surface area (Å²) in [7, 11) is 0. The quantitative estimate of drug-likeness (QED) is 0.802. The molecule has 1 aromatic carbocycles. The molecular formula is C13H16N4O. The largest absolute Gasteiger partial charge is 0.399 e. The second-order valence-electron chi connectivity index (χ2n) is 3.99. The monoisotopic (exact) mass is 244 g/mol. The zero-order valence-electron chi connectivity index (χ0n) is 10.3. The summed E-state index contributed by atoms with van der Waals surface area (Å²) in [5.74, 6) is -0.147. The summed E-state index contributed by atoms with van der Waals surface area (Å²) < 4.78 is 1.65. The molecule has 1 aromatic heterocycles. The summed E-state index contributed by atoms with van der Waals surface area (Å²) in [6.45, 7) is 2.67. The maximum atomic E-state index is 11.7. The highest BCUT2D eigenvalue weighted by molar-refractivity contribution is 5.92. The molecule has 0 aliphatic carbocycles. The molecule has 0 saturated heterocycles. The fourth-order valence-corrected chi connectivity index (χ4v) is 1.54. The minimum atomic E-state index is -0.147. The maximum Gasteiger partial charge on any atom is 0.271 e. The molecule has 2 aromatic rings. The van der Waals surface area contributed by atoms with Crippen molar-refractivity contribution in [3.05, 3.63) is 42.2 Å². The first-order valence-corrected chi connectivity index (χ1v) is 5.90. The summed E-state index contributed by atoms with van der Waals surface area (Å²) in [5.41, 5.74) is 7.61. The number of nitrogens with two attached hydrogens (primary N) is 1. The Morgan fingerprint density at radius 2 is 2.06 bits per heavy atom. The van der Waals surface area contributed by atoms with E-state index >= 15 is 0 Å². The number of nitrogen functional groups attached to an aromatic ring is 1. The summed E-state index contributed by atoms with van der Waals surface area (Å²) in [4.78, 5) is 11.7. The van der Waals surface area contributed by atoms with Gasteiger partial charge in [0.2, 0.25) is 0 Å². The summed E-state index contributed by atoms with van der Waals surface area (Å²) in [6, 6.07) is 9.01. The molecule has 0 unspecified atom stereocenters. The van der Waals surface area contributed by atoms with Gasteiger partial charge in [0.25, 0.3) is 5.91 Å². The number of amides is 1. The molecule has 0 fully saturated rings. The molecule has 0 saturated carbocycles. The second kappa shape index (κ2) is 5.35. The minimum absolute atomic E-state index is 0.147. The third-order valence-electron chi connectivity index (χ3n) is 2.51. The Bertz CT molecular complexity index is 530. The lowest BCUT2D eigenvalue weighted by molar-refractivity contribution is 0.0948. The molecule has 0 aliphatic heterocycles. The molecule has 0 atom stereocenters. The highest BCUT2D eigenvalue weighted by atomic mass is 16.1. The number of rotatable bonds is 4. The molecule has 18 heavy (non-hydrogen) atoms. The van der Waals surface area contributed by atoms with Gasteiger partial charge in [-0.2, -0.15) is 5.10 Å². The number of benzene rings is 1. The van der Waals surface area contributed by atoms with Crippen molar-refractivity contribution in [2.45, 2.75) is 13.3 Å². The van der Waals surface area contributed by atoms with Gasteiger partial charge in [0.15, 0.2) is 5.69 Å². The van der Waals surface area contributed by atoms with Crippen molar-refractivity contribution in [2.75, 3.05) is 12.3 Å². The van der Waals surface area contributed by atoms with Gasteiger partial charge in [-0.1, -0.05) is 6.92 Å². The predicted octanol–water partition coefficient (Wildman–Crippen LogP) is 1.59. The maximum absolute atomic E-state index is 11.7. The highest BCUT2D eigenvalue weighted by Crippen LogP contribution is 2.10. The van der Waals surface area contributed by atoms with Crippen LogP contribution in [0.3, 0.4) is 0 Å². The normalized spacial score (nSPS) is 10.3. The predicted molar refractivity (Wildman–Crippen MR) is 70.6 cm³/mol. The zero-order chi connectivity index (χ0) is 13.0. The Hall–Kier alpha value is -2.30. The number of carbonyl (C=O) groups excluding carboxylic acids is 1. The first-order chi connectivity index (χ1) is 8.70. The average Bonchev–Trinajstić information content (AvgIpc) is 2.86. The van der Waals surface area contributed by atoms with Crippen LogP contribution in [-0.4, -0.2) is 22.2 Å². The average molecular weight is 244 g/mol. The lowest BCUT2D eigenvalue weighted by Crippen LogP contribution is -2.24. The van der Waals surface area contributed by atoms with Crippen LogP contribution in [0.25, 0.3) is 5.69 Å². The lowest BCUT2D eigenvalue weighted by atomic mass is 10.3. The smallest absolute Gasteiger partial charge is 0.271 e. The number of nitrogens with zero attached hydrogens (tertiary/aromatic N) is 2. The highest BCUT2D eigenvalue weighted by Gasteiger charge is 2.08. The van der Waals surface area contributed by atoms with E-state index in [0.717, 1.165) is 12.1 Å². The molecule has 2 rings (SSSR count). The number of nitrogens with one attached hydrogen (secondary N) is 1. The summed E-state index contributed by atoms with van der Waals surface area (Å²) in [5, 5.41) is 7.01. The van der Waals surface area contributed by atoms with Crippen molar-refractivity contribution in [3.8, 4) is 5.69 Å². The Balaban J connectivity index is 2.15. The number of carbonyl (C=O) groups is 1. The Kier molecular flexibility index (Phi) is 3.62. The standard InChI is InChI=1S/C13H16N4O/c1-2-8-15-13(18)12-7-9-17(16-12)11-5-3-10(14)4-6-11/h3-7,9H,2,8,14H2,1H3,(H,15,18). The van der Waals surface area contributed by atoms with Crippen LogP contribution < -0.4 is 11.1 Å². The van der Waals surface area contributed by atoms with E-state index < -0.39 is 0 Å². The molecular weight excluding hydrogens is 228 g/mol. The second-order valence-corrected chi connectivity index (χ2v) is 3.99. The minimum Gasteiger partial charge on any atom is -0.399 e. The lowest BCUT2D eigenvalue weighted by Gasteiger charge is -2.02. The van der Waals surface area contributed by atoms with Gasteiger partial charge < -0.3 is 11.1 Å². The molecule has 0 bridgehead atoms. The first-order valence-electron chi connectivity index (χ1n) is 5.90. The Labute approximate surface area is 106 Å². The van der Waals surface area contributed by atoms with E-state index in [9.17, 15) is 4.79 Å². The van der Waals surface area contributed by atoms with Crippen LogP contribution in [0.15, 0.2) is 36.5 Å². The number of aromatic nitrogens is 2. The van der Waals surface area contributed by atoms with Crippen molar-refractivity contribution in [1.82, 2.24) is 15.1 Å². The van der Waals surface area contributed by atoms with Crippen LogP contribution in [0.4, 0.5) is 5.69 Å². The van der Waals surface area contributed by atoms with E-state index in [0.29, 0.717) is 17.9 Å². The van der Waals surface area contributed by atoms with Gasteiger partial charge in [-0.05, 0) is 36.8 Å². The molecule has 0 spiro atoms. The van der Waals surface area contributed by atoms with Crippen molar-refractivity contribution >= 4 is 11.6 Å². The van der Waals surface area contributed by atoms with Crippen LogP contribution in [-0.2, 0) is 0 Å². The Morgan fingerprint density at radius 1 is 1.33 bits per heavy atom. The van der Waals surface area contributed by atoms with Crippen LogP contribution >= 0.6 is 0 Å². The van der Waals surface area contributed by atoms with Crippen LogP contribution in [0, 0.1) is 0 Å². The first kappa shape index (κ1) is 12.2. The third-order valence-corrected chi connectivity index (χ3v) is 2.51. The van der Waals surface area contributed by atoms with Gasteiger partial charge in [-0.15, -0.1) is 0 Å². The fourth-order valence-electron chi connectivity index (χ4n) is 1.54. The van der Waals surface area contributed by atoms with E-state index in [1.165, 1.54) is 0 Å². The van der Waals surface area contributed by atoms with E-state index in [1.807, 2.05) is 19.1 Å². The number of hydrogen-bond donors (Lipinski definition) is 2. The number of anilines is 1. The van der Waals surface area contributed by atoms with Crippen molar-refractivity contribution < 1.29 is 4.79 Å². The van der Waals surface area contributed by atoms with Crippen LogP contribution in [0.2, 0.25) is 0 Å². The topological polar surface area (TPSA) is 72.9 Å². The van der Waals surface area contributed by atoms with Crippen molar-refractivity contribution in [3.63, 3.8) is 0 Å². The SMILES string of the molecule is CCCNC(=O)c1ccn(-c2ccc(N)cc2)n1. The van der Waals surface area contributed by atoms with E-state index in [2.05, 4.69) is 10.4 Å². The van der Waals surface area contributed by atoms with Gasteiger partial charge >= 0.3 is 0 Å². The van der Waals surface area contributed by atoms with E-state index in [4.69, 9.17) is 5.73 Å². The Morgan fingerprint density at radius 3 is 2.72 bits per heavy atom. The summed E-state index contributed by atoms with van der Waals surface area (Å²) in [6.07, 6.45) is 2.66. The van der Waals surface area contributed by atoms with Gasteiger partial charge in [-0.25, -0.2) is 4.68 Å². The fraction of sp³-hybridized carbons (Fsp3) is 0.231. The van der Waals surface area contributed by atoms with Gasteiger partial charge in [0.1, 0.15) is 0 Å². The van der Waals surface area contributed by atoms with Crippen LogP contribution in [0.5, 0.6) is 0 Å². The molecule has 5 heteroatoms. The summed E-state index contributed by atoms with van der Waals surface area (Å²) >= 11 is 0. The van der Waals surface area contributed by atoms with Crippen LogP contribution in [0.1, 0.15) is 23.8 Å². The van der Waals surface area contributed by atoms with Crippen molar-refractivity contribution in [2.24, 2.45) is 0 Å². The van der Waals surface area contributed by atoms with E-state index in [-0.39, 0.29) is 5.91 Å². The van der Waals surface area contributed by atoms with Gasteiger partial charge in [-0.3, -0.25) is 4.79 Å².